The molecule has 0 aliphatic heterocycles. The van der Waals surface area contributed by atoms with Crippen molar-refractivity contribution in [3.05, 3.63) is 40.8 Å². The van der Waals surface area contributed by atoms with E-state index in [1.165, 1.54) is 11.8 Å². The lowest BCUT2D eigenvalue weighted by atomic mass is 10.2. The number of rotatable bonds is 3. The fraction of sp³-hybridized carbons (Fsp3) is 0.231. The van der Waals surface area contributed by atoms with Gasteiger partial charge in [-0.1, -0.05) is 5.16 Å². The van der Waals surface area contributed by atoms with Crippen LogP contribution in [0.15, 0.2) is 33.7 Å². The highest BCUT2D eigenvalue weighted by Gasteiger charge is 2.08. The average Bonchev–Trinajstić information content (AvgIpc) is 2.44. The Morgan fingerprint density at radius 3 is 2.50 bits per heavy atom. The number of aromatic nitrogens is 3. The molecule has 2 aromatic heterocycles. The van der Waals surface area contributed by atoms with Crippen LogP contribution in [0.2, 0.25) is 0 Å². The Morgan fingerprint density at radius 2 is 1.90 bits per heavy atom. The van der Waals surface area contributed by atoms with Crippen molar-refractivity contribution < 1.29 is 5.21 Å². The summed E-state index contributed by atoms with van der Waals surface area (Å²) >= 11 is 1.34. The van der Waals surface area contributed by atoms with Crippen LogP contribution in [0.5, 0.6) is 0 Å². The quantitative estimate of drug-likeness (QED) is 0.295. The van der Waals surface area contributed by atoms with E-state index in [9.17, 15) is 0 Å². The molecule has 0 spiro atoms. The molecule has 3 N–H and O–H groups in total. The van der Waals surface area contributed by atoms with Gasteiger partial charge in [0.05, 0.1) is 0 Å². The molecule has 0 saturated carbocycles. The van der Waals surface area contributed by atoms with Crippen LogP contribution in [0.25, 0.3) is 0 Å². The molecule has 20 heavy (non-hydrogen) atoms. The minimum absolute atomic E-state index is 0.0476. The lowest BCUT2D eigenvalue weighted by Gasteiger charge is -2.07. The van der Waals surface area contributed by atoms with Gasteiger partial charge in [-0.15, -0.1) is 0 Å². The van der Waals surface area contributed by atoms with E-state index < -0.39 is 0 Å². The van der Waals surface area contributed by atoms with Crippen molar-refractivity contribution in [2.45, 2.75) is 31.0 Å². The van der Waals surface area contributed by atoms with Gasteiger partial charge in [0.1, 0.15) is 5.03 Å². The molecule has 0 fully saturated rings. The highest BCUT2D eigenvalue weighted by atomic mass is 32.2. The highest BCUT2D eigenvalue weighted by molar-refractivity contribution is 7.99. The molecule has 7 heteroatoms. The number of oxime groups is 1. The Balaban J connectivity index is 2.31. The van der Waals surface area contributed by atoms with Crippen LogP contribution in [-0.4, -0.2) is 26.0 Å². The minimum Gasteiger partial charge on any atom is -0.409 e. The maximum atomic E-state index is 8.68. The number of pyridine rings is 1. The Bertz CT molecular complexity index is 649. The summed E-state index contributed by atoms with van der Waals surface area (Å²) in [6.45, 7) is 5.90. The molecule has 0 bridgehead atoms. The summed E-state index contributed by atoms with van der Waals surface area (Å²) in [5.74, 6) is 0.0476. The van der Waals surface area contributed by atoms with Crippen LogP contribution in [-0.2, 0) is 0 Å². The van der Waals surface area contributed by atoms with Crippen molar-refractivity contribution in [1.29, 1.82) is 0 Å². The van der Waals surface area contributed by atoms with Gasteiger partial charge in [0.2, 0.25) is 0 Å². The van der Waals surface area contributed by atoms with E-state index in [0.717, 1.165) is 17.0 Å². The lowest BCUT2D eigenvalue weighted by Crippen LogP contribution is -2.13. The van der Waals surface area contributed by atoms with Gasteiger partial charge < -0.3 is 10.9 Å². The summed E-state index contributed by atoms with van der Waals surface area (Å²) in [4.78, 5) is 13.1. The summed E-state index contributed by atoms with van der Waals surface area (Å²) in [5, 5.41) is 13.0. The number of nitrogens with two attached hydrogens (primary N) is 1. The summed E-state index contributed by atoms with van der Waals surface area (Å²) in [6, 6.07) is 3.40. The molecule has 0 aliphatic carbocycles. The maximum Gasteiger partial charge on any atom is 0.194 e. The van der Waals surface area contributed by atoms with E-state index in [1.807, 2.05) is 20.8 Å². The van der Waals surface area contributed by atoms with Gasteiger partial charge >= 0.3 is 0 Å². The van der Waals surface area contributed by atoms with Crippen molar-refractivity contribution in [2.24, 2.45) is 10.9 Å². The van der Waals surface area contributed by atoms with Crippen molar-refractivity contribution in [3.63, 3.8) is 0 Å². The summed E-state index contributed by atoms with van der Waals surface area (Å²) < 4.78 is 0. The summed E-state index contributed by atoms with van der Waals surface area (Å²) in [7, 11) is 0. The van der Waals surface area contributed by atoms with E-state index in [2.05, 4.69) is 20.1 Å². The fourth-order valence-corrected chi connectivity index (χ4v) is 2.41. The molecule has 2 heterocycles. The first-order chi connectivity index (χ1) is 9.51. The van der Waals surface area contributed by atoms with Gasteiger partial charge in [0, 0.05) is 23.1 Å². The van der Waals surface area contributed by atoms with Gasteiger partial charge in [-0.2, -0.15) is 0 Å². The van der Waals surface area contributed by atoms with Crippen LogP contribution in [0.1, 0.15) is 22.5 Å². The monoisotopic (exact) mass is 289 g/mol. The van der Waals surface area contributed by atoms with Crippen LogP contribution >= 0.6 is 11.8 Å². The summed E-state index contributed by atoms with van der Waals surface area (Å²) in [5.41, 5.74) is 9.15. The van der Waals surface area contributed by atoms with E-state index in [0.29, 0.717) is 15.7 Å². The van der Waals surface area contributed by atoms with E-state index in [-0.39, 0.29) is 5.84 Å². The fourth-order valence-electron chi connectivity index (χ4n) is 1.56. The Labute approximate surface area is 121 Å². The Hall–Kier alpha value is -2.15. The molecular formula is C13H15N5OS. The van der Waals surface area contributed by atoms with Crippen LogP contribution in [0.3, 0.4) is 0 Å². The molecule has 6 nitrogen and oxygen atoms in total. The van der Waals surface area contributed by atoms with Gasteiger partial charge in [-0.05, 0) is 50.2 Å². The predicted octanol–water partition coefficient (Wildman–Crippen LogP) is 2.04. The van der Waals surface area contributed by atoms with Crippen molar-refractivity contribution in [2.75, 3.05) is 0 Å². The third kappa shape index (κ3) is 3.05. The number of amidine groups is 1. The first kappa shape index (κ1) is 14.3. The number of aryl methyl sites for hydroxylation is 2. The maximum absolute atomic E-state index is 8.68. The largest absolute Gasteiger partial charge is 0.409 e. The first-order valence-corrected chi connectivity index (χ1v) is 6.76. The van der Waals surface area contributed by atoms with Gasteiger partial charge in [-0.25, -0.2) is 15.0 Å². The standard InChI is InChI=1S/C13H15N5OS/c1-7-8(2)16-13(17-9(7)3)20-11-6-10(4-5-15-11)12(14)18-19/h4-6,19H,1-3H3,(H2,14,18). The van der Waals surface area contributed by atoms with Crippen LogP contribution in [0.4, 0.5) is 0 Å². The normalized spacial score (nSPS) is 11.7. The molecule has 0 aromatic carbocycles. The minimum atomic E-state index is 0.0476. The lowest BCUT2D eigenvalue weighted by molar-refractivity contribution is 0.318. The Morgan fingerprint density at radius 1 is 1.25 bits per heavy atom. The predicted molar refractivity (Wildman–Crippen MR) is 77.1 cm³/mol. The molecule has 0 saturated heterocycles. The van der Waals surface area contributed by atoms with Crippen molar-refractivity contribution in [3.8, 4) is 0 Å². The third-order valence-corrected chi connectivity index (χ3v) is 3.74. The zero-order valence-electron chi connectivity index (χ0n) is 11.5. The zero-order chi connectivity index (χ0) is 14.7. The summed E-state index contributed by atoms with van der Waals surface area (Å²) in [6.07, 6.45) is 1.60. The van der Waals surface area contributed by atoms with Crippen LogP contribution < -0.4 is 5.73 Å². The second-order valence-corrected chi connectivity index (χ2v) is 5.26. The molecule has 104 valence electrons. The molecule has 0 aliphatic rings. The molecule has 0 amide bonds. The number of hydrogen-bond donors (Lipinski definition) is 2. The number of nitrogens with zero attached hydrogens (tertiary/aromatic N) is 4. The topological polar surface area (TPSA) is 97.3 Å². The highest BCUT2D eigenvalue weighted by Crippen LogP contribution is 2.24. The van der Waals surface area contributed by atoms with E-state index in [1.54, 1.807) is 18.3 Å². The van der Waals surface area contributed by atoms with Gasteiger partial charge in [0.15, 0.2) is 11.0 Å². The molecule has 2 rings (SSSR count). The van der Waals surface area contributed by atoms with E-state index in [4.69, 9.17) is 10.9 Å². The average molecular weight is 289 g/mol. The number of hydrogen-bond acceptors (Lipinski definition) is 6. The first-order valence-electron chi connectivity index (χ1n) is 5.95. The second-order valence-electron chi connectivity index (χ2n) is 4.27. The van der Waals surface area contributed by atoms with E-state index >= 15 is 0 Å². The molecular weight excluding hydrogens is 274 g/mol. The van der Waals surface area contributed by atoms with Gasteiger partial charge in [0.25, 0.3) is 0 Å². The zero-order valence-corrected chi connectivity index (χ0v) is 12.3. The second kappa shape index (κ2) is 5.87. The molecule has 0 radical (unpaired) electrons. The van der Waals surface area contributed by atoms with Crippen molar-refractivity contribution >= 4 is 17.6 Å². The third-order valence-electron chi connectivity index (χ3n) is 2.95. The molecule has 0 atom stereocenters. The van der Waals surface area contributed by atoms with Crippen molar-refractivity contribution in [1.82, 2.24) is 15.0 Å². The van der Waals surface area contributed by atoms with Gasteiger partial charge in [-0.3, -0.25) is 0 Å². The molecule has 2 aromatic rings. The molecule has 0 unspecified atom stereocenters. The SMILES string of the molecule is Cc1nc(Sc2cc(C(N)=NO)ccn2)nc(C)c1C. The smallest absolute Gasteiger partial charge is 0.194 e. The van der Waals surface area contributed by atoms with Crippen LogP contribution in [0, 0.1) is 20.8 Å². The Kier molecular flexibility index (Phi) is 4.19.